The van der Waals surface area contributed by atoms with Crippen LogP contribution in [0, 0.1) is 4.91 Å². The number of rotatable bonds is 28. The van der Waals surface area contributed by atoms with Gasteiger partial charge in [0.2, 0.25) is 5.52 Å². The van der Waals surface area contributed by atoms with Crippen LogP contribution in [0.4, 0.5) is 11.4 Å². The number of carbonyl (C=O) groups is 2. The van der Waals surface area contributed by atoms with Gasteiger partial charge in [-0.2, -0.15) is 13.9 Å². The van der Waals surface area contributed by atoms with Crippen molar-refractivity contribution in [3.05, 3.63) is 17.0 Å². The number of ether oxygens (including phenoxy) is 2. The maximum atomic E-state index is 12.8. The normalized spacial score (nSPS) is 22.7. The summed E-state index contributed by atoms with van der Waals surface area (Å²) in [5.74, 6) is -1.29. The van der Waals surface area contributed by atoms with Crippen LogP contribution in [0.25, 0.3) is 11.0 Å². The number of phosphoric acid groups is 1. The standard InChI is InChI=1S/C35H57N4O16P/c1-2-3-4-5-6-7-8-9-10-11-13-16-26(40)51-21-23(22-52-56(49,50)54-35-33(45)31(43)30(42)32(44)34(35)46)53-27(41)17-14-12-15-20-36-24-18-19-25(39(47)48)29-28(24)37-55-38-29/h18-19,23,30-35,42-46H,2-17,20-22H2,1H3,(H2-,36,38,47,48,49,50)/p+1/t23-,30?,31-,32+,33-,34-,35?/m1/s1. The van der Waals surface area contributed by atoms with Crippen molar-refractivity contribution in [2.75, 3.05) is 25.1 Å². The van der Waals surface area contributed by atoms with Gasteiger partial charge in [-0.1, -0.05) is 77.6 Å². The zero-order valence-corrected chi connectivity index (χ0v) is 32.6. The number of carbonyl (C=O) groups excluding carboxylic acids is 2. The fourth-order valence-electron chi connectivity index (χ4n) is 6.18. The van der Waals surface area contributed by atoms with Crippen LogP contribution in [0.15, 0.2) is 16.8 Å². The Morgan fingerprint density at radius 1 is 0.804 bits per heavy atom. The van der Waals surface area contributed by atoms with Crippen LogP contribution >= 0.6 is 8.17 Å². The van der Waals surface area contributed by atoms with Gasteiger partial charge in [0, 0.05) is 25.5 Å². The Bertz CT molecular complexity index is 1470. The van der Waals surface area contributed by atoms with Crippen molar-refractivity contribution in [3.8, 4) is 0 Å². The van der Waals surface area contributed by atoms with Gasteiger partial charge in [-0.3, -0.25) is 9.59 Å². The van der Waals surface area contributed by atoms with E-state index < -0.39 is 76.1 Å². The molecule has 0 radical (unpaired) electrons. The largest absolute Gasteiger partial charge is 0.606 e. The summed E-state index contributed by atoms with van der Waals surface area (Å²) in [6.07, 6.45) is 0.0953. The molecule has 20 nitrogen and oxygen atoms in total. The summed E-state index contributed by atoms with van der Waals surface area (Å²) < 4.78 is 25.2. The first kappa shape index (κ1) is 47.2. The first-order chi connectivity index (χ1) is 26.8. The van der Waals surface area contributed by atoms with Crippen molar-refractivity contribution in [2.45, 2.75) is 152 Å². The Labute approximate surface area is 325 Å². The van der Waals surface area contributed by atoms with Gasteiger partial charge in [-0.25, -0.2) is 9.84 Å². The maximum Gasteiger partial charge on any atom is 0.377 e. The summed E-state index contributed by atoms with van der Waals surface area (Å²) in [5.41, 5.74) is 0.686. The summed E-state index contributed by atoms with van der Waals surface area (Å²) in [7, 11) is -5.18. The summed E-state index contributed by atoms with van der Waals surface area (Å²) in [5, 5.41) is 69.7. The van der Waals surface area contributed by atoms with Crippen molar-refractivity contribution >= 4 is 42.5 Å². The van der Waals surface area contributed by atoms with E-state index in [-0.39, 0.29) is 34.5 Å². The lowest BCUT2D eigenvalue weighted by molar-refractivity contribution is -0.728. The van der Waals surface area contributed by atoms with Crippen LogP contribution in [-0.2, 0) is 28.1 Å². The SMILES string of the molecule is CCCCCCCCCCCCCC(=O)OC[C@H](CO[P+]([O-])(O)OC1[C@H](O)[C@H](O)C(O)[C@H](O)[C@H]1O)OC(=O)CCCCCNc1ccc([N+](=O)O)c2nonc12. The van der Waals surface area contributed by atoms with Crippen LogP contribution in [0.3, 0.4) is 0 Å². The Morgan fingerprint density at radius 2 is 1.34 bits per heavy atom. The van der Waals surface area contributed by atoms with Crippen molar-refractivity contribution in [2.24, 2.45) is 0 Å². The smallest absolute Gasteiger partial charge is 0.377 e. The number of benzene rings is 1. The van der Waals surface area contributed by atoms with E-state index in [1.54, 1.807) is 0 Å². The van der Waals surface area contributed by atoms with Crippen LogP contribution in [0.2, 0.25) is 0 Å². The Hall–Kier alpha value is -3.17. The van der Waals surface area contributed by atoms with E-state index in [1.165, 1.54) is 50.7 Å². The fourth-order valence-corrected chi connectivity index (χ4v) is 7.15. The zero-order valence-electron chi connectivity index (χ0n) is 31.7. The molecule has 1 aromatic carbocycles. The molecule has 21 heteroatoms. The highest BCUT2D eigenvalue weighted by Crippen LogP contribution is 2.50. The van der Waals surface area contributed by atoms with E-state index in [0.717, 1.165) is 25.7 Å². The molecule has 8 atom stereocenters. The Kier molecular flexibility index (Phi) is 20.7. The molecule has 3 unspecified atom stereocenters. The van der Waals surface area contributed by atoms with Crippen molar-refractivity contribution in [1.29, 1.82) is 0 Å². The number of anilines is 1. The summed E-state index contributed by atoms with van der Waals surface area (Å²) in [4.78, 5) is 59.3. The molecule has 1 aromatic heterocycles. The average molecular weight is 822 g/mol. The molecule has 1 heterocycles. The highest BCUT2D eigenvalue weighted by atomic mass is 31.2. The molecular formula is C35H58N4O16P+. The number of esters is 2. The maximum absolute atomic E-state index is 12.8. The van der Waals surface area contributed by atoms with Gasteiger partial charge in [-0.05, 0) is 35.6 Å². The number of hydrogen-bond acceptors (Lipinski definition) is 18. The van der Waals surface area contributed by atoms with E-state index in [9.17, 15) is 55.0 Å². The molecule has 0 bridgehead atoms. The minimum atomic E-state index is -5.18. The minimum Gasteiger partial charge on any atom is -0.606 e. The predicted molar refractivity (Wildman–Crippen MR) is 196 cm³/mol. The molecule has 8 N–H and O–H groups in total. The topological polar surface area (TPSA) is 307 Å². The predicted octanol–water partition coefficient (Wildman–Crippen LogP) is 2.40. The third kappa shape index (κ3) is 15.6. The van der Waals surface area contributed by atoms with Gasteiger partial charge in [0.15, 0.2) is 17.7 Å². The molecular weight excluding hydrogens is 763 g/mol. The van der Waals surface area contributed by atoms with Gasteiger partial charge in [0.05, 0.1) is 10.6 Å². The van der Waals surface area contributed by atoms with Gasteiger partial charge < -0.3 is 45.2 Å². The van der Waals surface area contributed by atoms with E-state index >= 15 is 0 Å². The third-order valence-electron chi connectivity index (χ3n) is 9.44. The second-order valence-corrected chi connectivity index (χ2v) is 15.4. The molecule has 0 saturated heterocycles. The molecule has 2 aromatic rings. The summed E-state index contributed by atoms with van der Waals surface area (Å²) >= 11 is 0. The Morgan fingerprint density at radius 3 is 1.95 bits per heavy atom. The van der Waals surface area contributed by atoms with Crippen LogP contribution in [0.1, 0.15) is 110 Å². The lowest BCUT2D eigenvalue weighted by Crippen LogP contribution is -2.64. The van der Waals surface area contributed by atoms with E-state index in [2.05, 4.69) is 27.2 Å². The van der Waals surface area contributed by atoms with Gasteiger partial charge >= 0.3 is 25.8 Å². The quantitative estimate of drug-likeness (QED) is 0.0264. The summed E-state index contributed by atoms with van der Waals surface area (Å²) in [6, 6.07) is 2.87. The molecule has 0 amide bonds. The second-order valence-electron chi connectivity index (χ2n) is 14.0. The zero-order chi connectivity index (χ0) is 41.1. The monoisotopic (exact) mass is 821 g/mol. The fraction of sp³-hybridized carbons (Fsp3) is 0.771. The third-order valence-corrected chi connectivity index (χ3v) is 10.4. The molecule has 0 spiro atoms. The van der Waals surface area contributed by atoms with Crippen LogP contribution < -0.4 is 10.2 Å². The number of aromatic nitrogens is 2. The number of nitrogens with zero attached hydrogens (tertiary/aromatic N) is 3. The Balaban J connectivity index is 1.45. The molecule has 1 aliphatic carbocycles. The number of aliphatic hydroxyl groups excluding tert-OH is 5. The number of fused-ring (bicyclic) bond motifs is 1. The number of unbranched alkanes of at least 4 members (excludes halogenated alkanes) is 12. The molecule has 3 rings (SSSR count). The number of aliphatic hydroxyl groups is 5. The van der Waals surface area contributed by atoms with Gasteiger partial charge in [-0.15, -0.1) is 0 Å². The van der Waals surface area contributed by atoms with Crippen molar-refractivity contribution in [3.63, 3.8) is 0 Å². The summed E-state index contributed by atoms with van der Waals surface area (Å²) in [6.45, 7) is 1.29. The molecule has 0 aliphatic heterocycles. The van der Waals surface area contributed by atoms with Crippen LogP contribution in [0.5, 0.6) is 0 Å². The number of nitrogens with one attached hydrogen (secondary N) is 1. The first-order valence-electron chi connectivity index (χ1n) is 19.3. The second kappa shape index (κ2) is 24.6. The van der Waals surface area contributed by atoms with E-state index in [0.29, 0.717) is 37.9 Å². The van der Waals surface area contributed by atoms with Crippen molar-refractivity contribution in [1.82, 2.24) is 10.3 Å². The molecule has 56 heavy (non-hydrogen) atoms. The number of hydrogen-bond donors (Lipinski definition) is 8. The van der Waals surface area contributed by atoms with E-state index in [1.807, 2.05) is 0 Å². The molecule has 1 saturated carbocycles. The van der Waals surface area contributed by atoms with Crippen LogP contribution in [-0.4, -0.2) is 125 Å². The lowest BCUT2D eigenvalue weighted by atomic mass is 9.85. The van der Waals surface area contributed by atoms with E-state index in [4.69, 9.17) is 18.5 Å². The average Bonchev–Trinajstić information content (AvgIpc) is 3.67. The molecule has 318 valence electrons. The van der Waals surface area contributed by atoms with Crippen molar-refractivity contribution < 1.29 is 78.2 Å². The minimum absolute atomic E-state index is 0.0688. The van der Waals surface area contributed by atoms with Gasteiger partial charge in [0.1, 0.15) is 43.7 Å². The number of phosphoric ester groups is 1. The van der Waals surface area contributed by atoms with Gasteiger partial charge in [0.25, 0.3) is 4.92 Å². The molecule has 1 fully saturated rings. The highest BCUT2D eigenvalue weighted by Gasteiger charge is 2.53. The lowest BCUT2D eigenvalue weighted by Gasteiger charge is -2.41. The first-order valence-corrected chi connectivity index (χ1v) is 20.8. The highest BCUT2D eigenvalue weighted by molar-refractivity contribution is 7.52. The molecule has 1 aliphatic rings.